The van der Waals surface area contributed by atoms with Crippen molar-refractivity contribution in [2.24, 2.45) is 0 Å². The zero-order chi connectivity index (χ0) is 11.7. The lowest BCUT2D eigenvalue weighted by Gasteiger charge is -2.01. The number of nitrogens with zero attached hydrogens (tertiary/aromatic N) is 1. The van der Waals surface area contributed by atoms with E-state index >= 15 is 0 Å². The van der Waals surface area contributed by atoms with Crippen LogP contribution in [0.2, 0.25) is 0 Å². The maximum absolute atomic E-state index is 5.57. The van der Waals surface area contributed by atoms with Gasteiger partial charge < -0.3 is 9.15 Å². The third-order valence-electron chi connectivity index (χ3n) is 2.71. The number of fused-ring (bicyclic) bond motifs is 1. The van der Waals surface area contributed by atoms with E-state index in [1.165, 1.54) is 0 Å². The van der Waals surface area contributed by atoms with E-state index in [4.69, 9.17) is 9.15 Å². The van der Waals surface area contributed by atoms with Gasteiger partial charge in [-0.05, 0) is 36.4 Å². The molecule has 0 saturated carbocycles. The minimum Gasteiger partial charge on any atom is -0.497 e. The van der Waals surface area contributed by atoms with Gasteiger partial charge in [0.15, 0.2) is 5.76 Å². The Labute approximate surface area is 98.7 Å². The number of ether oxygens (including phenoxy) is 1. The molecule has 0 bridgehead atoms. The molecular formula is C14H11NO2. The van der Waals surface area contributed by atoms with E-state index in [1.54, 1.807) is 19.6 Å². The topological polar surface area (TPSA) is 35.3 Å². The van der Waals surface area contributed by atoms with Crippen molar-refractivity contribution >= 4 is 10.9 Å². The van der Waals surface area contributed by atoms with E-state index in [0.717, 1.165) is 28.0 Å². The second-order valence-electron chi connectivity index (χ2n) is 3.73. The molecule has 3 rings (SSSR count). The van der Waals surface area contributed by atoms with Gasteiger partial charge in [0.2, 0.25) is 0 Å². The van der Waals surface area contributed by atoms with Crippen LogP contribution in [-0.4, -0.2) is 12.1 Å². The summed E-state index contributed by atoms with van der Waals surface area (Å²) in [5.74, 6) is 1.63. The number of furan rings is 1. The van der Waals surface area contributed by atoms with Crippen LogP contribution in [0.3, 0.4) is 0 Å². The van der Waals surface area contributed by atoms with Crippen molar-refractivity contribution < 1.29 is 9.15 Å². The molecule has 2 heterocycles. The van der Waals surface area contributed by atoms with Gasteiger partial charge in [-0.3, -0.25) is 4.98 Å². The van der Waals surface area contributed by atoms with Gasteiger partial charge in [0.1, 0.15) is 17.5 Å². The van der Waals surface area contributed by atoms with Crippen molar-refractivity contribution in [1.82, 2.24) is 4.98 Å². The molecule has 0 saturated heterocycles. The highest BCUT2D eigenvalue weighted by atomic mass is 16.5. The van der Waals surface area contributed by atoms with Crippen LogP contribution in [0.4, 0.5) is 0 Å². The molecule has 0 atom stereocenters. The lowest BCUT2D eigenvalue weighted by molar-refractivity contribution is 0.415. The van der Waals surface area contributed by atoms with Crippen molar-refractivity contribution in [3.8, 4) is 17.1 Å². The van der Waals surface area contributed by atoms with Crippen LogP contribution < -0.4 is 4.74 Å². The molecule has 0 aliphatic rings. The molecule has 0 aliphatic carbocycles. The van der Waals surface area contributed by atoms with Gasteiger partial charge in [-0.15, -0.1) is 0 Å². The van der Waals surface area contributed by atoms with Crippen LogP contribution in [-0.2, 0) is 0 Å². The van der Waals surface area contributed by atoms with E-state index in [1.807, 2.05) is 36.4 Å². The highest BCUT2D eigenvalue weighted by molar-refractivity contribution is 5.90. The molecule has 0 radical (unpaired) electrons. The lowest BCUT2D eigenvalue weighted by atomic mass is 10.1. The second kappa shape index (κ2) is 3.94. The molecule has 3 aromatic rings. The molecule has 84 valence electrons. The Balaban J connectivity index is 2.13. The Morgan fingerprint density at radius 3 is 2.71 bits per heavy atom. The Morgan fingerprint density at radius 2 is 1.94 bits per heavy atom. The smallest absolute Gasteiger partial charge is 0.160 e. The van der Waals surface area contributed by atoms with Crippen molar-refractivity contribution in [1.29, 1.82) is 0 Å². The van der Waals surface area contributed by atoms with Gasteiger partial charge >= 0.3 is 0 Å². The molecule has 0 spiro atoms. The van der Waals surface area contributed by atoms with Gasteiger partial charge in [0, 0.05) is 17.1 Å². The zero-order valence-electron chi connectivity index (χ0n) is 9.38. The van der Waals surface area contributed by atoms with Crippen LogP contribution in [0.15, 0.2) is 53.3 Å². The van der Waals surface area contributed by atoms with Crippen LogP contribution >= 0.6 is 0 Å². The first-order valence-corrected chi connectivity index (χ1v) is 5.35. The molecule has 1 aromatic carbocycles. The van der Waals surface area contributed by atoms with Crippen LogP contribution in [0, 0.1) is 0 Å². The third kappa shape index (κ3) is 1.65. The molecule has 17 heavy (non-hydrogen) atoms. The standard InChI is InChI=1S/C14H11NO2/c1-16-12-6-4-10(5-7-12)14-13-11(9-17-14)3-2-8-15-13/h2-9H,1H3. The monoisotopic (exact) mass is 225 g/mol. The van der Waals surface area contributed by atoms with Crippen molar-refractivity contribution in [3.63, 3.8) is 0 Å². The first kappa shape index (κ1) is 9.90. The summed E-state index contributed by atoms with van der Waals surface area (Å²) in [5, 5.41) is 1.01. The predicted molar refractivity (Wildman–Crippen MR) is 66.0 cm³/mol. The summed E-state index contributed by atoms with van der Waals surface area (Å²) in [5.41, 5.74) is 1.89. The summed E-state index contributed by atoms with van der Waals surface area (Å²) in [6.45, 7) is 0. The Morgan fingerprint density at radius 1 is 1.12 bits per heavy atom. The van der Waals surface area contributed by atoms with Crippen LogP contribution in [0.5, 0.6) is 5.75 Å². The number of hydrogen-bond donors (Lipinski definition) is 0. The van der Waals surface area contributed by atoms with E-state index in [9.17, 15) is 0 Å². The maximum Gasteiger partial charge on any atom is 0.160 e. The number of rotatable bonds is 2. The average molecular weight is 225 g/mol. The van der Waals surface area contributed by atoms with Crippen molar-refractivity contribution in [2.75, 3.05) is 7.11 Å². The van der Waals surface area contributed by atoms with Crippen molar-refractivity contribution in [3.05, 3.63) is 48.9 Å². The quantitative estimate of drug-likeness (QED) is 0.669. The molecule has 0 unspecified atom stereocenters. The third-order valence-corrected chi connectivity index (χ3v) is 2.71. The normalized spacial score (nSPS) is 10.6. The van der Waals surface area contributed by atoms with Crippen LogP contribution in [0.25, 0.3) is 22.2 Å². The number of benzene rings is 1. The Kier molecular flexibility index (Phi) is 2.29. The fourth-order valence-electron chi connectivity index (χ4n) is 1.83. The predicted octanol–water partition coefficient (Wildman–Crippen LogP) is 3.50. The fraction of sp³-hybridized carbons (Fsp3) is 0.0714. The van der Waals surface area contributed by atoms with Gasteiger partial charge in [0.25, 0.3) is 0 Å². The summed E-state index contributed by atoms with van der Waals surface area (Å²) in [4.78, 5) is 4.34. The van der Waals surface area contributed by atoms with Gasteiger partial charge in [-0.25, -0.2) is 0 Å². The summed E-state index contributed by atoms with van der Waals surface area (Å²) in [7, 11) is 1.65. The maximum atomic E-state index is 5.57. The van der Waals surface area contributed by atoms with Crippen molar-refractivity contribution in [2.45, 2.75) is 0 Å². The molecule has 3 nitrogen and oxygen atoms in total. The molecule has 0 aliphatic heterocycles. The summed E-state index contributed by atoms with van der Waals surface area (Å²) in [6, 6.07) is 11.6. The largest absolute Gasteiger partial charge is 0.497 e. The molecule has 0 N–H and O–H groups in total. The van der Waals surface area contributed by atoms with E-state index in [-0.39, 0.29) is 0 Å². The molecule has 0 fully saturated rings. The van der Waals surface area contributed by atoms with Gasteiger partial charge in [-0.1, -0.05) is 0 Å². The fourth-order valence-corrected chi connectivity index (χ4v) is 1.83. The summed E-state index contributed by atoms with van der Waals surface area (Å²) in [6.07, 6.45) is 3.49. The molecule has 2 aromatic heterocycles. The first-order chi connectivity index (χ1) is 8.38. The Bertz CT molecular complexity index is 641. The number of aromatic nitrogens is 1. The highest BCUT2D eigenvalue weighted by Gasteiger charge is 2.09. The molecule has 3 heteroatoms. The number of methoxy groups -OCH3 is 1. The molecular weight excluding hydrogens is 214 g/mol. The first-order valence-electron chi connectivity index (χ1n) is 5.35. The minimum absolute atomic E-state index is 0.795. The molecule has 0 amide bonds. The average Bonchev–Trinajstić information content (AvgIpc) is 2.83. The lowest BCUT2D eigenvalue weighted by Crippen LogP contribution is -1.82. The number of hydrogen-bond acceptors (Lipinski definition) is 3. The van der Waals surface area contributed by atoms with E-state index in [0.29, 0.717) is 0 Å². The highest BCUT2D eigenvalue weighted by Crippen LogP contribution is 2.29. The minimum atomic E-state index is 0.795. The second-order valence-corrected chi connectivity index (χ2v) is 3.73. The van der Waals surface area contributed by atoms with E-state index in [2.05, 4.69) is 4.98 Å². The SMILES string of the molecule is COc1ccc(-c2occ3cccnc23)cc1. The zero-order valence-corrected chi connectivity index (χ0v) is 9.38. The van der Waals surface area contributed by atoms with E-state index < -0.39 is 0 Å². The summed E-state index contributed by atoms with van der Waals surface area (Å²) < 4.78 is 10.7. The van der Waals surface area contributed by atoms with Gasteiger partial charge in [0.05, 0.1) is 7.11 Å². The van der Waals surface area contributed by atoms with Gasteiger partial charge in [-0.2, -0.15) is 0 Å². The number of pyridine rings is 1. The summed E-state index contributed by atoms with van der Waals surface area (Å²) >= 11 is 0. The Hall–Kier alpha value is -2.29. The van der Waals surface area contributed by atoms with Crippen LogP contribution in [0.1, 0.15) is 0 Å².